The summed E-state index contributed by atoms with van der Waals surface area (Å²) in [5.74, 6) is 0.218. The Morgan fingerprint density at radius 3 is 2.61 bits per heavy atom. The number of nitrogens with zero attached hydrogens (tertiary/aromatic N) is 2. The van der Waals surface area contributed by atoms with Gasteiger partial charge in [-0.1, -0.05) is 48.7 Å². The number of hydrogen-bond donors (Lipinski definition) is 2. The Kier molecular flexibility index (Phi) is 5.36. The standard InChI is InChI=1S/C24H26ClN3O3/c25-16-8-5-9-17(12-16)26-24(31)27-13-20-22(18-10-3-4-11-19(18)27)21(14-29)28(20)23(30)15-6-1-2-7-15/h3-5,8-12,15,20-22,29H,1-2,6-7,13-14H2,(H,26,31)/t20-,21+,22+/m1/s1. The first-order valence-corrected chi connectivity index (χ1v) is 11.3. The summed E-state index contributed by atoms with van der Waals surface area (Å²) >= 11 is 6.06. The molecule has 2 fully saturated rings. The molecule has 5 rings (SSSR count). The maximum absolute atomic E-state index is 13.2. The molecule has 162 valence electrons. The molecular weight excluding hydrogens is 414 g/mol. The van der Waals surface area contributed by atoms with Gasteiger partial charge in [-0.05, 0) is 42.7 Å². The Balaban J connectivity index is 1.44. The number of aliphatic hydroxyl groups is 1. The molecule has 3 aliphatic rings. The van der Waals surface area contributed by atoms with Gasteiger partial charge >= 0.3 is 6.03 Å². The minimum Gasteiger partial charge on any atom is -0.394 e. The molecular formula is C24H26ClN3O3. The average Bonchev–Trinajstić information content (AvgIpc) is 3.29. The van der Waals surface area contributed by atoms with E-state index < -0.39 is 0 Å². The Morgan fingerprint density at radius 1 is 1.10 bits per heavy atom. The van der Waals surface area contributed by atoms with Crippen LogP contribution in [-0.4, -0.2) is 47.2 Å². The molecule has 0 spiro atoms. The van der Waals surface area contributed by atoms with Gasteiger partial charge in [0.1, 0.15) is 0 Å². The summed E-state index contributed by atoms with van der Waals surface area (Å²) in [6.45, 7) is 0.339. The smallest absolute Gasteiger partial charge is 0.326 e. The molecule has 2 aromatic rings. The second kappa shape index (κ2) is 8.17. The summed E-state index contributed by atoms with van der Waals surface area (Å²) in [5, 5.41) is 13.6. The molecule has 0 unspecified atom stereocenters. The van der Waals surface area contributed by atoms with E-state index in [0.717, 1.165) is 36.9 Å². The van der Waals surface area contributed by atoms with Crippen LogP contribution < -0.4 is 10.2 Å². The Labute approximate surface area is 186 Å². The Bertz CT molecular complexity index is 1010. The number of halogens is 1. The molecule has 2 aliphatic heterocycles. The van der Waals surface area contributed by atoms with E-state index >= 15 is 0 Å². The molecule has 0 bridgehead atoms. The molecule has 2 aromatic carbocycles. The minimum absolute atomic E-state index is 0.0425. The highest BCUT2D eigenvalue weighted by molar-refractivity contribution is 6.30. The van der Waals surface area contributed by atoms with E-state index in [4.69, 9.17) is 11.6 Å². The van der Waals surface area contributed by atoms with Crippen LogP contribution in [0.25, 0.3) is 0 Å². The van der Waals surface area contributed by atoms with Gasteiger partial charge in [0.05, 0.1) is 18.7 Å². The van der Waals surface area contributed by atoms with E-state index in [1.165, 1.54) is 0 Å². The number of likely N-dealkylation sites (tertiary alicyclic amines) is 1. The lowest BCUT2D eigenvalue weighted by molar-refractivity contribution is -0.154. The molecule has 6 nitrogen and oxygen atoms in total. The van der Waals surface area contributed by atoms with Crippen molar-refractivity contribution in [1.82, 2.24) is 4.90 Å². The minimum atomic E-state index is -0.256. The molecule has 1 saturated carbocycles. The van der Waals surface area contributed by atoms with Crippen molar-refractivity contribution in [2.75, 3.05) is 23.4 Å². The lowest BCUT2D eigenvalue weighted by atomic mass is 9.71. The van der Waals surface area contributed by atoms with Crippen molar-refractivity contribution in [2.24, 2.45) is 5.92 Å². The fraction of sp³-hybridized carbons (Fsp3) is 0.417. The van der Waals surface area contributed by atoms with Crippen LogP contribution in [0.1, 0.15) is 37.2 Å². The summed E-state index contributed by atoms with van der Waals surface area (Å²) in [5.41, 5.74) is 2.46. The summed E-state index contributed by atoms with van der Waals surface area (Å²) in [7, 11) is 0. The first kappa shape index (κ1) is 20.3. The zero-order valence-corrected chi connectivity index (χ0v) is 18.0. The number of para-hydroxylation sites is 1. The maximum Gasteiger partial charge on any atom is 0.326 e. The van der Waals surface area contributed by atoms with Gasteiger partial charge in [0.2, 0.25) is 5.91 Å². The molecule has 31 heavy (non-hydrogen) atoms. The van der Waals surface area contributed by atoms with E-state index in [0.29, 0.717) is 17.3 Å². The molecule has 0 aromatic heterocycles. The molecule has 2 N–H and O–H groups in total. The van der Waals surface area contributed by atoms with Gasteiger partial charge < -0.3 is 15.3 Å². The van der Waals surface area contributed by atoms with Crippen molar-refractivity contribution < 1.29 is 14.7 Å². The van der Waals surface area contributed by atoms with Crippen LogP contribution in [0.4, 0.5) is 16.2 Å². The molecule has 7 heteroatoms. The van der Waals surface area contributed by atoms with Gasteiger partial charge in [0, 0.05) is 34.8 Å². The molecule has 2 heterocycles. The van der Waals surface area contributed by atoms with Crippen LogP contribution in [0, 0.1) is 5.92 Å². The van der Waals surface area contributed by atoms with Crippen molar-refractivity contribution in [2.45, 2.75) is 43.7 Å². The SMILES string of the molecule is O=C(Nc1cccc(Cl)c1)N1C[C@@H]2[C@H](c3ccccc31)[C@H](CO)N2C(=O)C1CCCC1. The Hall–Kier alpha value is -2.57. The number of benzene rings is 2. The second-order valence-electron chi connectivity index (χ2n) is 8.68. The predicted octanol–water partition coefficient (Wildman–Crippen LogP) is 4.24. The van der Waals surface area contributed by atoms with E-state index in [2.05, 4.69) is 5.32 Å². The lowest BCUT2D eigenvalue weighted by Crippen LogP contribution is -2.71. The molecule has 1 saturated heterocycles. The molecule has 3 amide bonds. The van der Waals surface area contributed by atoms with E-state index in [1.54, 1.807) is 29.2 Å². The predicted molar refractivity (Wildman–Crippen MR) is 120 cm³/mol. The number of nitrogens with one attached hydrogen (secondary N) is 1. The van der Waals surface area contributed by atoms with Gasteiger partial charge in [-0.2, -0.15) is 0 Å². The second-order valence-corrected chi connectivity index (χ2v) is 9.12. The third-order valence-corrected chi connectivity index (χ3v) is 7.20. The number of carbonyl (C=O) groups excluding carboxylic acids is 2. The van der Waals surface area contributed by atoms with Crippen molar-refractivity contribution in [3.63, 3.8) is 0 Å². The highest BCUT2D eigenvalue weighted by Gasteiger charge is 2.56. The van der Waals surface area contributed by atoms with Crippen LogP contribution in [0.15, 0.2) is 48.5 Å². The zero-order valence-electron chi connectivity index (χ0n) is 17.2. The number of carbonyl (C=O) groups is 2. The summed E-state index contributed by atoms with van der Waals surface area (Å²) < 4.78 is 0. The van der Waals surface area contributed by atoms with Crippen molar-refractivity contribution in [3.8, 4) is 0 Å². The van der Waals surface area contributed by atoms with E-state index in [9.17, 15) is 14.7 Å². The normalized spacial score (nSPS) is 24.9. The van der Waals surface area contributed by atoms with Crippen molar-refractivity contribution >= 4 is 34.9 Å². The molecule has 1 aliphatic carbocycles. The third-order valence-electron chi connectivity index (χ3n) is 6.97. The fourth-order valence-electron chi connectivity index (χ4n) is 5.53. The first-order chi connectivity index (χ1) is 15.1. The Morgan fingerprint density at radius 2 is 1.87 bits per heavy atom. The highest BCUT2D eigenvalue weighted by Crippen LogP contribution is 2.49. The van der Waals surface area contributed by atoms with Crippen molar-refractivity contribution in [3.05, 3.63) is 59.1 Å². The van der Waals surface area contributed by atoms with Gasteiger partial charge in [-0.3, -0.25) is 9.69 Å². The third kappa shape index (κ3) is 3.48. The van der Waals surface area contributed by atoms with Gasteiger partial charge in [0.25, 0.3) is 0 Å². The quantitative estimate of drug-likeness (QED) is 0.751. The average molecular weight is 440 g/mol. The fourth-order valence-corrected chi connectivity index (χ4v) is 5.72. The topological polar surface area (TPSA) is 72.9 Å². The first-order valence-electron chi connectivity index (χ1n) is 10.9. The van der Waals surface area contributed by atoms with Gasteiger partial charge in [0.15, 0.2) is 0 Å². The van der Waals surface area contributed by atoms with E-state index in [-0.39, 0.29) is 42.5 Å². The number of anilines is 2. The summed E-state index contributed by atoms with van der Waals surface area (Å²) in [6.07, 6.45) is 4.00. The maximum atomic E-state index is 13.2. The van der Waals surface area contributed by atoms with E-state index in [1.807, 2.05) is 29.2 Å². The van der Waals surface area contributed by atoms with Crippen LogP contribution in [0.2, 0.25) is 5.02 Å². The van der Waals surface area contributed by atoms with Crippen LogP contribution in [0.5, 0.6) is 0 Å². The van der Waals surface area contributed by atoms with Crippen LogP contribution in [0.3, 0.4) is 0 Å². The number of hydrogen-bond acceptors (Lipinski definition) is 3. The summed E-state index contributed by atoms with van der Waals surface area (Å²) in [4.78, 5) is 30.0. The number of rotatable bonds is 3. The van der Waals surface area contributed by atoms with Crippen LogP contribution >= 0.6 is 11.6 Å². The lowest BCUT2D eigenvalue weighted by Gasteiger charge is -2.59. The number of amides is 3. The number of aliphatic hydroxyl groups excluding tert-OH is 1. The van der Waals surface area contributed by atoms with Crippen LogP contribution in [-0.2, 0) is 4.79 Å². The largest absolute Gasteiger partial charge is 0.394 e. The molecule has 3 atom stereocenters. The number of urea groups is 1. The zero-order chi connectivity index (χ0) is 21.5. The summed E-state index contributed by atoms with van der Waals surface area (Å²) in [6, 6.07) is 14.2. The highest BCUT2D eigenvalue weighted by atomic mass is 35.5. The molecule has 0 radical (unpaired) electrons. The monoisotopic (exact) mass is 439 g/mol. The number of fused-ring (bicyclic) bond motifs is 3. The van der Waals surface area contributed by atoms with Gasteiger partial charge in [-0.15, -0.1) is 0 Å². The van der Waals surface area contributed by atoms with Gasteiger partial charge in [-0.25, -0.2) is 4.79 Å². The van der Waals surface area contributed by atoms with Crippen molar-refractivity contribution in [1.29, 1.82) is 0 Å².